The first-order chi connectivity index (χ1) is 13.6. The Hall–Kier alpha value is -1.88. The maximum Gasteiger partial charge on any atom is 0.119 e. The van der Waals surface area contributed by atoms with E-state index in [1.165, 1.54) is 11.1 Å². The van der Waals surface area contributed by atoms with Crippen LogP contribution in [0.1, 0.15) is 43.7 Å². The summed E-state index contributed by atoms with van der Waals surface area (Å²) in [5.74, 6) is 1.31. The fourth-order valence-electron chi connectivity index (χ4n) is 3.61. The lowest BCUT2D eigenvalue weighted by molar-refractivity contribution is 0.0313. The monoisotopic (exact) mass is 383 g/mol. The van der Waals surface area contributed by atoms with Crippen LogP contribution in [0, 0.1) is 0 Å². The quantitative estimate of drug-likeness (QED) is 0.667. The van der Waals surface area contributed by atoms with E-state index < -0.39 is 6.10 Å². The molecule has 4 nitrogen and oxygen atoms in total. The van der Waals surface area contributed by atoms with Gasteiger partial charge in [-0.3, -0.25) is 4.90 Å². The van der Waals surface area contributed by atoms with Crippen molar-refractivity contribution in [3.05, 3.63) is 65.7 Å². The first kappa shape index (κ1) is 20.8. The molecule has 28 heavy (non-hydrogen) atoms. The van der Waals surface area contributed by atoms with E-state index in [0.29, 0.717) is 12.5 Å². The average molecular weight is 384 g/mol. The molecule has 1 aliphatic rings. The highest BCUT2D eigenvalue weighted by molar-refractivity contribution is 5.28. The minimum absolute atomic E-state index is 0.264. The third kappa shape index (κ3) is 6.62. The number of hydrogen-bond donors (Lipinski definition) is 1. The molecule has 0 amide bonds. The predicted octanol–water partition coefficient (Wildman–Crippen LogP) is 4.23. The van der Waals surface area contributed by atoms with Gasteiger partial charge in [-0.2, -0.15) is 0 Å². The van der Waals surface area contributed by atoms with Crippen molar-refractivity contribution >= 4 is 0 Å². The van der Waals surface area contributed by atoms with Gasteiger partial charge in [-0.05, 0) is 42.0 Å². The molecule has 1 saturated heterocycles. The van der Waals surface area contributed by atoms with Gasteiger partial charge in [0.15, 0.2) is 0 Å². The van der Waals surface area contributed by atoms with Gasteiger partial charge in [0.25, 0.3) is 0 Å². The zero-order valence-corrected chi connectivity index (χ0v) is 17.1. The lowest BCUT2D eigenvalue weighted by atomic mass is 10.0. The first-order valence-electron chi connectivity index (χ1n) is 10.4. The topological polar surface area (TPSA) is 41.9 Å². The molecule has 0 aromatic heterocycles. The third-order valence-electron chi connectivity index (χ3n) is 5.19. The molecule has 2 aromatic carbocycles. The van der Waals surface area contributed by atoms with Crippen molar-refractivity contribution < 1.29 is 14.6 Å². The summed E-state index contributed by atoms with van der Waals surface area (Å²) in [5, 5.41) is 10.6. The Morgan fingerprint density at radius 2 is 1.86 bits per heavy atom. The molecule has 0 radical (unpaired) electrons. The summed E-state index contributed by atoms with van der Waals surface area (Å²) in [6.07, 6.45) is 1.94. The Morgan fingerprint density at radius 3 is 2.50 bits per heavy atom. The van der Waals surface area contributed by atoms with Gasteiger partial charge in [0.2, 0.25) is 0 Å². The Bertz CT molecular complexity index is 681. The predicted molar refractivity (Wildman–Crippen MR) is 113 cm³/mol. The van der Waals surface area contributed by atoms with E-state index in [-0.39, 0.29) is 12.7 Å². The number of hydrogen-bond acceptors (Lipinski definition) is 4. The first-order valence-corrected chi connectivity index (χ1v) is 10.4. The molecule has 1 N–H and O–H groups in total. The molecule has 0 bridgehead atoms. The van der Waals surface area contributed by atoms with Crippen LogP contribution in [0.3, 0.4) is 0 Å². The van der Waals surface area contributed by atoms with E-state index in [4.69, 9.17) is 9.47 Å². The second kappa shape index (κ2) is 10.6. The van der Waals surface area contributed by atoms with Crippen LogP contribution in [0.5, 0.6) is 5.75 Å². The van der Waals surface area contributed by atoms with E-state index in [0.717, 1.165) is 38.3 Å². The summed E-state index contributed by atoms with van der Waals surface area (Å²) < 4.78 is 11.6. The summed E-state index contributed by atoms with van der Waals surface area (Å²) in [7, 11) is 0. The van der Waals surface area contributed by atoms with E-state index >= 15 is 0 Å². The van der Waals surface area contributed by atoms with Crippen molar-refractivity contribution in [1.29, 1.82) is 0 Å². The van der Waals surface area contributed by atoms with Crippen molar-refractivity contribution in [2.24, 2.45) is 0 Å². The number of aliphatic hydroxyl groups is 1. The molecular weight excluding hydrogens is 350 g/mol. The van der Waals surface area contributed by atoms with Crippen molar-refractivity contribution in [2.75, 3.05) is 26.3 Å². The molecule has 3 rings (SSSR count). The van der Waals surface area contributed by atoms with Gasteiger partial charge in [0.05, 0.1) is 6.10 Å². The highest BCUT2D eigenvalue weighted by Gasteiger charge is 2.21. The molecule has 152 valence electrons. The zero-order valence-electron chi connectivity index (χ0n) is 17.1. The summed E-state index contributed by atoms with van der Waals surface area (Å²) in [6.45, 7) is 7.71. The normalized spacial score (nSPS) is 18.0. The molecule has 2 atom stereocenters. The molecule has 1 heterocycles. The Labute approximate surface area is 169 Å². The fraction of sp³-hybridized carbons (Fsp3) is 0.500. The molecule has 2 aromatic rings. The van der Waals surface area contributed by atoms with Crippen molar-refractivity contribution in [3.8, 4) is 5.75 Å². The van der Waals surface area contributed by atoms with Crippen LogP contribution in [0.2, 0.25) is 0 Å². The number of nitrogens with zero attached hydrogens (tertiary/aromatic N) is 1. The van der Waals surface area contributed by atoms with Gasteiger partial charge in [-0.15, -0.1) is 0 Å². The van der Waals surface area contributed by atoms with Crippen molar-refractivity contribution in [1.82, 2.24) is 4.90 Å². The van der Waals surface area contributed by atoms with E-state index in [1.54, 1.807) is 0 Å². The van der Waals surface area contributed by atoms with Gasteiger partial charge < -0.3 is 14.6 Å². The minimum Gasteiger partial charge on any atom is -0.491 e. The summed E-state index contributed by atoms with van der Waals surface area (Å²) in [5.41, 5.74) is 2.54. The maximum atomic E-state index is 10.6. The van der Waals surface area contributed by atoms with Crippen LogP contribution < -0.4 is 4.74 Å². The highest BCUT2D eigenvalue weighted by atomic mass is 16.5. The van der Waals surface area contributed by atoms with E-state index in [2.05, 4.69) is 55.1 Å². The molecular formula is C24H33NO3. The van der Waals surface area contributed by atoms with E-state index in [1.807, 2.05) is 18.2 Å². The molecule has 1 fully saturated rings. The van der Waals surface area contributed by atoms with Crippen LogP contribution in [0.15, 0.2) is 54.6 Å². The molecule has 4 heteroatoms. The smallest absolute Gasteiger partial charge is 0.119 e. The van der Waals surface area contributed by atoms with Gasteiger partial charge in [-0.25, -0.2) is 0 Å². The Morgan fingerprint density at radius 1 is 1.11 bits per heavy atom. The molecule has 0 aliphatic carbocycles. The third-order valence-corrected chi connectivity index (χ3v) is 5.19. The van der Waals surface area contributed by atoms with Crippen LogP contribution in [0.25, 0.3) is 0 Å². The van der Waals surface area contributed by atoms with Crippen LogP contribution in [-0.2, 0) is 11.3 Å². The van der Waals surface area contributed by atoms with Crippen LogP contribution in [-0.4, -0.2) is 48.5 Å². The maximum absolute atomic E-state index is 10.6. The Balaban J connectivity index is 1.52. The van der Waals surface area contributed by atoms with Gasteiger partial charge in [0, 0.05) is 26.2 Å². The van der Waals surface area contributed by atoms with Gasteiger partial charge in [-0.1, -0.05) is 56.3 Å². The summed E-state index contributed by atoms with van der Waals surface area (Å²) in [6, 6.07) is 18.5. The lowest BCUT2D eigenvalue weighted by Crippen LogP contribution is -2.39. The van der Waals surface area contributed by atoms with Gasteiger partial charge in [0.1, 0.15) is 18.5 Å². The molecule has 1 aliphatic heterocycles. The van der Waals surface area contributed by atoms with E-state index in [9.17, 15) is 5.11 Å². The van der Waals surface area contributed by atoms with Crippen LogP contribution in [0.4, 0.5) is 0 Å². The molecule has 0 saturated carbocycles. The summed E-state index contributed by atoms with van der Waals surface area (Å²) >= 11 is 0. The average Bonchev–Trinajstić information content (AvgIpc) is 3.20. The standard InChI is InChI=1S/C24H33NO3/c1-19(2)21-10-12-23(13-11-21)28-18-22(26)16-25(17-24-9-6-14-27-24)15-20-7-4-3-5-8-20/h3-5,7-8,10-13,19,22,24,26H,6,9,14-18H2,1-2H3. The van der Waals surface area contributed by atoms with Crippen LogP contribution >= 0.6 is 0 Å². The lowest BCUT2D eigenvalue weighted by Gasteiger charge is -2.27. The zero-order chi connectivity index (χ0) is 19.8. The fourth-order valence-corrected chi connectivity index (χ4v) is 3.61. The summed E-state index contributed by atoms with van der Waals surface area (Å²) in [4.78, 5) is 2.28. The van der Waals surface area contributed by atoms with Crippen molar-refractivity contribution in [3.63, 3.8) is 0 Å². The largest absolute Gasteiger partial charge is 0.491 e. The number of ether oxygens (including phenoxy) is 2. The minimum atomic E-state index is -0.546. The number of rotatable bonds is 10. The molecule has 0 spiro atoms. The second-order valence-electron chi connectivity index (χ2n) is 8.00. The Kier molecular flexibility index (Phi) is 7.90. The number of aliphatic hydroxyl groups excluding tert-OH is 1. The SMILES string of the molecule is CC(C)c1ccc(OCC(O)CN(Cc2ccccc2)CC2CCCO2)cc1. The van der Waals surface area contributed by atoms with Crippen molar-refractivity contribution in [2.45, 2.75) is 51.4 Å². The van der Waals surface area contributed by atoms with Gasteiger partial charge >= 0.3 is 0 Å². The molecule has 2 unspecified atom stereocenters. The highest BCUT2D eigenvalue weighted by Crippen LogP contribution is 2.19. The second-order valence-corrected chi connectivity index (χ2v) is 8.00. The number of benzene rings is 2.